The normalized spacial score (nSPS) is 12.0. The van der Waals surface area contributed by atoms with Crippen LogP contribution in [0.4, 0.5) is 5.69 Å². The second-order valence-electron chi connectivity index (χ2n) is 8.13. The monoisotopic (exact) mass is 489 g/mol. The van der Waals surface area contributed by atoms with Crippen LogP contribution in [-0.2, 0) is 26.2 Å². The Bertz CT molecular complexity index is 1070. The van der Waals surface area contributed by atoms with Crippen LogP contribution in [0.2, 0.25) is 0 Å². The molecule has 0 aromatic heterocycles. The fourth-order valence-electron chi connectivity index (χ4n) is 3.84. The van der Waals surface area contributed by atoms with E-state index in [2.05, 4.69) is 5.32 Å². The van der Waals surface area contributed by atoms with Gasteiger partial charge in [0.15, 0.2) is 0 Å². The van der Waals surface area contributed by atoms with E-state index in [-0.39, 0.29) is 31.3 Å². The summed E-state index contributed by atoms with van der Waals surface area (Å²) in [7, 11) is -0.387. The molecule has 1 atom stereocenters. The van der Waals surface area contributed by atoms with Gasteiger partial charge in [-0.25, -0.2) is 8.42 Å². The highest BCUT2D eigenvalue weighted by atomic mass is 32.2. The first kappa shape index (κ1) is 27.2. The maximum Gasteiger partial charge on any atom is 0.242 e. The van der Waals surface area contributed by atoms with Gasteiger partial charge in [-0.1, -0.05) is 37.3 Å². The summed E-state index contributed by atoms with van der Waals surface area (Å²) in [5.74, 6) is 0.267. The van der Waals surface area contributed by atoms with Crippen LogP contribution in [0.1, 0.15) is 37.3 Å². The maximum atomic E-state index is 13.3. The third-order valence-electron chi connectivity index (χ3n) is 5.68. The van der Waals surface area contributed by atoms with Crippen molar-refractivity contribution in [2.75, 3.05) is 31.3 Å². The van der Waals surface area contributed by atoms with Crippen LogP contribution in [0.3, 0.4) is 0 Å². The van der Waals surface area contributed by atoms with Gasteiger partial charge in [-0.2, -0.15) is 0 Å². The van der Waals surface area contributed by atoms with Crippen molar-refractivity contribution >= 4 is 27.5 Å². The highest BCUT2D eigenvalue weighted by Gasteiger charge is 2.28. The van der Waals surface area contributed by atoms with Gasteiger partial charge in [0.2, 0.25) is 21.8 Å². The summed E-state index contributed by atoms with van der Waals surface area (Å²) in [5, 5.41) is 2.64. The highest BCUT2D eigenvalue weighted by Crippen LogP contribution is 2.23. The van der Waals surface area contributed by atoms with Gasteiger partial charge in [0, 0.05) is 26.6 Å². The predicted molar refractivity (Wildman–Crippen MR) is 134 cm³/mol. The summed E-state index contributed by atoms with van der Waals surface area (Å²) in [5.41, 5.74) is 2.31. The van der Waals surface area contributed by atoms with Crippen LogP contribution >= 0.6 is 0 Å². The number of aryl methyl sites for hydroxylation is 1. The lowest BCUT2D eigenvalue weighted by Crippen LogP contribution is -2.48. The second-order valence-corrected chi connectivity index (χ2v) is 10.0. The number of hydrogen-bond acceptors (Lipinski definition) is 5. The van der Waals surface area contributed by atoms with Crippen molar-refractivity contribution < 1.29 is 22.7 Å². The summed E-state index contributed by atoms with van der Waals surface area (Å²) in [6.07, 6.45) is 2.06. The molecule has 0 radical (unpaired) electrons. The Morgan fingerprint density at radius 3 is 2.26 bits per heavy atom. The molecule has 0 aliphatic carbocycles. The third-order valence-corrected chi connectivity index (χ3v) is 6.86. The van der Waals surface area contributed by atoms with Gasteiger partial charge in [-0.15, -0.1) is 0 Å². The lowest BCUT2D eigenvalue weighted by Gasteiger charge is -2.31. The molecular formula is C25H35N3O5S. The van der Waals surface area contributed by atoms with Crippen LogP contribution in [0, 0.1) is 6.92 Å². The van der Waals surface area contributed by atoms with E-state index in [4.69, 9.17) is 4.74 Å². The fraction of sp³-hybridized carbons (Fsp3) is 0.440. The first-order valence-electron chi connectivity index (χ1n) is 11.3. The highest BCUT2D eigenvalue weighted by molar-refractivity contribution is 7.92. The number of ether oxygens (including phenoxy) is 1. The number of rotatable bonds is 12. The smallest absolute Gasteiger partial charge is 0.242 e. The summed E-state index contributed by atoms with van der Waals surface area (Å²) in [6.45, 7) is 4.15. The molecule has 34 heavy (non-hydrogen) atoms. The minimum Gasteiger partial charge on any atom is -0.497 e. The molecule has 2 rings (SSSR count). The van der Waals surface area contributed by atoms with E-state index in [1.54, 1.807) is 31.2 Å². The summed E-state index contributed by atoms with van der Waals surface area (Å²) in [4.78, 5) is 27.4. The summed E-state index contributed by atoms with van der Waals surface area (Å²) >= 11 is 0. The number of hydrogen-bond donors (Lipinski definition) is 1. The van der Waals surface area contributed by atoms with Crippen molar-refractivity contribution in [3.05, 3.63) is 59.7 Å². The van der Waals surface area contributed by atoms with E-state index >= 15 is 0 Å². The van der Waals surface area contributed by atoms with Gasteiger partial charge in [-0.05, 0) is 49.1 Å². The van der Waals surface area contributed by atoms with Crippen LogP contribution in [0.15, 0.2) is 48.5 Å². The Hall–Kier alpha value is -3.07. The zero-order valence-electron chi connectivity index (χ0n) is 20.6. The van der Waals surface area contributed by atoms with Crippen molar-refractivity contribution in [3.8, 4) is 5.75 Å². The third kappa shape index (κ3) is 7.21. The molecule has 186 valence electrons. The molecular weight excluding hydrogens is 454 g/mol. The van der Waals surface area contributed by atoms with Crippen LogP contribution < -0.4 is 14.4 Å². The SMILES string of the molecule is CC[C@H](C(=O)NC)N(Cc1ccc(OC)cc1)C(=O)CCCN(c1ccccc1C)S(C)(=O)=O. The zero-order chi connectivity index (χ0) is 25.3. The molecule has 0 bridgehead atoms. The van der Waals surface area contributed by atoms with Crippen LogP contribution in [0.25, 0.3) is 0 Å². The topological polar surface area (TPSA) is 96.0 Å². The molecule has 0 unspecified atom stereocenters. The number of nitrogens with zero attached hydrogens (tertiary/aromatic N) is 2. The van der Waals surface area contributed by atoms with Crippen molar-refractivity contribution in [1.82, 2.24) is 10.2 Å². The van der Waals surface area contributed by atoms with Crippen LogP contribution in [0.5, 0.6) is 5.75 Å². The molecule has 0 fully saturated rings. The Kier molecular flexibility index (Phi) is 9.92. The van der Waals surface area contributed by atoms with Gasteiger partial charge in [0.05, 0.1) is 19.1 Å². The van der Waals surface area contributed by atoms with Crippen LogP contribution in [-0.4, -0.2) is 58.1 Å². The standard InChI is InChI=1S/C25H35N3O5S/c1-6-22(25(30)26-3)27(18-20-13-15-21(33-4)16-14-20)24(29)12-9-17-28(34(5,31)32)23-11-8-7-10-19(23)2/h7-8,10-11,13-16,22H,6,9,12,17-18H2,1-5H3,(H,26,30)/t22-/m1/s1. The molecule has 1 N–H and O–H groups in total. The van der Waals surface area contributed by atoms with Gasteiger partial charge in [-0.3, -0.25) is 13.9 Å². The number of amides is 2. The minimum atomic E-state index is -3.52. The van der Waals surface area contributed by atoms with Gasteiger partial charge >= 0.3 is 0 Å². The Morgan fingerprint density at radius 2 is 1.74 bits per heavy atom. The summed E-state index contributed by atoms with van der Waals surface area (Å²) in [6, 6.07) is 14.0. The number of methoxy groups -OCH3 is 1. The fourth-order valence-corrected chi connectivity index (χ4v) is 4.86. The van der Waals surface area contributed by atoms with Crippen molar-refractivity contribution in [2.24, 2.45) is 0 Å². The Balaban J connectivity index is 2.19. The van der Waals surface area contributed by atoms with E-state index in [9.17, 15) is 18.0 Å². The van der Waals surface area contributed by atoms with Crippen molar-refractivity contribution in [3.63, 3.8) is 0 Å². The van der Waals surface area contributed by atoms with E-state index in [0.717, 1.165) is 17.4 Å². The molecule has 8 nitrogen and oxygen atoms in total. The van der Waals surface area contributed by atoms with Gasteiger partial charge < -0.3 is 15.0 Å². The molecule has 0 aliphatic heterocycles. The Morgan fingerprint density at radius 1 is 1.09 bits per heavy atom. The molecule has 0 saturated carbocycles. The lowest BCUT2D eigenvalue weighted by molar-refractivity contribution is -0.141. The van der Waals surface area contributed by atoms with Crippen molar-refractivity contribution in [2.45, 2.75) is 45.7 Å². The number of anilines is 1. The van der Waals surface area contributed by atoms with Gasteiger partial charge in [0.25, 0.3) is 0 Å². The quantitative estimate of drug-likeness (QED) is 0.494. The first-order valence-corrected chi connectivity index (χ1v) is 13.1. The lowest BCUT2D eigenvalue weighted by atomic mass is 10.1. The molecule has 2 aromatic rings. The molecule has 2 amide bonds. The van der Waals surface area contributed by atoms with Crippen molar-refractivity contribution in [1.29, 1.82) is 0 Å². The largest absolute Gasteiger partial charge is 0.497 e. The molecule has 0 heterocycles. The van der Waals surface area contributed by atoms with E-state index in [1.807, 2.05) is 50.2 Å². The van der Waals surface area contributed by atoms with E-state index in [0.29, 0.717) is 24.3 Å². The average Bonchev–Trinajstić information content (AvgIpc) is 2.81. The number of carbonyl (C=O) groups is 2. The Labute approximate surface area is 202 Å². The zero-order valence-corrected chi connectivity index (χ0v) is 21.4. The number of likely N-dealkylation sites (N-methyl/N-ethyl adjacent to an activating group) is 1. The number of nitrogens with one attached hydrogen (secondary N) is 1. The first-order chi connectivity index (χ1) is 16.1. The maximum absolute atomic E-state index is 13.3. The number of sulfonamides is 1. The van der Waals surface area contributed by atoms with Gasteiger partial charge in [0.1, 0.15) is 11.8 Å². The average molecular weight is 490 g/mol. The minimum absolute atomic E-state index is 0.113. The van der Waals surface area contributed by atoms with E-state index in [1.165, 1.54) is 4.31 Å². The summed E-state index contributed by atoms with van der Waals surface area (Å²) < 4.78 is 31.4. The molecule has 0 aliphatic rings. The number of para-hydroxylation sites is 1. The molecule has 0 spiro atoms. The molecule has 0 saturated heterocycles. The second kappa shape index (κ2) is 12.4. The number of carbonyl (C=O) groups excluding carboxylic acids is 2. The number of benzene rings is 2. The predicted octanol–water partition coefficient (Wildman–Crippen LogP) is 3.10. The van der Waals surface area contributed by atoms with E-state index < -0.39 is 16.1 Å². The molecule has 9 heteroatoms. The molecule has 2 aromatic carbocycles.